The van der Waals surface area contributed by atoms with Crippen LogP contribution in [0.25, 0.3) is 0 Å². The molecule has 1 amide bonds. The molecule has 25 heavy (non-hydrogen) atoms. The van der Waals surface area contributed by atoms with Crippen molar-refractivity contribution in [1.82, 2.24) is 9.78 Å². The molecular formula is C18H18F3N3O. The minimum atomic E-state index is -4.41. The molecule has 4 nitrogen and oxygen atoms in total. The van der Waals surface area contributed by atoms with Gasteiger partial charge in [-0.3, -0.25) is 9.48 Å². The number of halogens is 3. The Bertz CT molecular complexity index is 841. The van der Waals surface area contributed by atoms with E-state index in [-0.39, 0.29) is 11.3 Å². The van der Waals surface area contributed by atoms with Crippen LogP contribution < -0.4 is 5.32 Å². The normalized spacial score (nSPS) is 21.4. The summed E-state index contributed by atoms with van der Waals surface area (Å²) < 4.78 is 39.4. The van der Waals surface area contributed by atoms with E-state index >= 15 is 0 Å². The standard InChI is InChI=1S/C18H18F3N3O/c1-24-9-13(15(23-24)8-18(19,20)21)17(25)22-14-4-2-3-12-10-5-6-11(7-10)16(12)14/h2-4,9-11H,5-8H2,1H3,(H,22,25). The molecule has 1 heterocycles. The quantitative estimate of drug-likeness (QED) is 0.905. The van der Waals surface area contributed by atoms with Crippen LogP contribution in [-0.2, 0) is 13.5 Å². The molecule has 0 saturated heterocycles. The molecule has 1 fully saturated rings. The van der Waals surface area contributed by atoms with E-state index in [0.717, 1.165) is 24.1 Å². The SMILES string of the molecule is Cn1cc(C(=O)Nc2cccc3c2C2CCC3C2)c(CC(F)(F)F)n1. The van der Waals surface area contributed by atoms with Crippen molar-refractivity contribution >= 4 is 11.6 Å². The molecule has 1 N–H and O–H groups in total. The number of hydrogen-bond acceptors (Lipinski definition) is 2. The Hall–Kier alpha value is -2.31. The molecule has 7 heteroatoms. The van der Waals surface area contributed by atoms with E-state index < -0.39 is 18.5 Å². The Labute approximate surface area is 143 Å². The van der Waals surface area contributed by atoms with Crippen LogP contribution in [-0.4, -0.2) is 21.9 Å². The first-order chi connectivity index (χ1) is 11.8. The monoisotopic (exact) mass is 349 g/mol. The molecule has 2 aromatic rings. The van der Waals surface area contributed by atoms with Crippen LogP contribution in [0.2, 0.25) is 0 Å². The molecule has 132 valence electrons. The number of hydrogen-bond donors (Lipinski definition) is 1. The summed E-state index contributed by atoms with van der Waals surface area (Å²) in [6.07, 6.45) is -0.894. The first-order valence-electron chi connectivity index (χ1n) is 8.35. The van der Waals surface area contributed by atoms with Crippen LogP contribution >= 0.6 is 0 Å². The summed E-state index contributed by atoms with van der Waals surface area (Å²) in [6, 6.07) is 5.82. The van der Waals surface area contributed by atoms with E-state index in [0.29, 0.717) is 11.8 Å². The van der Waals surface area contributed by atoms with Crippen molar-refractivity contribution in [3.05, 3.63) is 46.8 Å². The molecule has 2 bridgehead atoms. The topological polar surface area (TPSA) is 46.9 Å². The second-order valence-electron chi connectivity index (χ2n) is 6.92. The molecule has 2 aliphatic rings. The largest absolute Gasteiger partial charge is 0.394 e. The summed E-state index contributed by atoms with van der Waals surface area (Å²) in [5, 5.41) is 6.63. The maximum absolute atomic E-state index is 12.7. The van der Waals surface area contributed by atoms with Crippen LogP contribution in [0, 0.1) is 0 Å². The molecular weight excluding hydrogens is 331 g/mol. The van der Waals surface area contributed by atoms with Gasteiger partial charge in [-0.25, -0.2) is 0 Å². The van der Waals surface area contributed by atoms with Crippen molar-refractivity contribution in [2.75, 3.05) is 5.32 Å². The van der Waals surface area contributed by atoms with Crippen molar-refractivity contribution in [2.45, 2.75) is 43.7 Å². The van der Waals surface area contributed by atoms with E-state index in [1.54, 1.807) is 0 Å². The van der Waals surface area contributed by atoms with Gasteiger partial charge in [0.25, 0.3) is 5.91 Å². The highest BCUT2D eigenvalue weighted by molar-refractivity contribution is 6.05. The zero-order valence-corrected chi connectivity index (χ0v) is 13.7. The highest BCUT2D eigenvalue weighted by atomic mass is 19.4. The Morgan fingerprint density at radius 3 is 2.84 bits per heavy atom. The summed E-state index contributed by atoms with van der Waals surface area (Å²) >= 11 is 0. The van der Waals surface area contributed by atoms with Crippen molar-refractivity contribution in [3.63, 3.8) is 0 Å². The third kappa shape index (κ3) is 2.92. The van der Waals surface area contributed by atoms with E-state index in [2.05, 4.69) is 16.5 Å². The van der Waals surface area contributed by atoms with Gasteiger partial charge in [0.2, 0.25) is 0 Å². The number of anilines is 1. The highest BCUT2D eigenvalue weighted by Crippen LogP contribution is 2.55. The van der Waals surface area contributed by atoms with Gasteiger partial charge in [-0.2, -0.15) is 18.3 Å². The molecule has 0 spiro atoms. The van der Waals surface area contributed by atoms with E-state index in [1.165, 1.54) is 29.9 Å². The summed E-state index contributed by atoms with van der Waals surface area (Å²) in [4.78, 5) is 12.6. The van der Waals surface area contributed by atoms with Gasteiger partial charge in [0.05, 0.1) is 17.7 Å². The summed E-state index contributed by atoms with van der Waals surface area (Å²) in [6.45, 7) is 0. The van der Waals surface area contributed by atoms with E-state index in [1.807, 2.05) is 12.1 Å². The molecule has 0 radical (unpaired) electrons. The molecule has 0 aliphatic heterocycles. The van der Waals surface area contributed by atoms with Gasteiger partial charge in [0.15, 0.2) is 0 Å². The number of alkyl halides is 3. The number of carbonyl (C=O) groups is 1. The molecule has 2 atom stereocenters. The zero-order valence-electron chi connectivity index (χ0n) is 13.7. The van der Waals surface area contributed by atoms with Crippen molar-refractivity contribution in [2.24, 2.45) is 7.05 Å². The fraction of sp³-hybridized carbons (Fsp3) is 0.444. The van der Waals surface area contributed by atoms with Crippen molar-refractivity contribution in [1.29, 1.82) is 0 Å². The number of aromatic nitrogens is 2. The molecule has 4 rings (SSSR count). The number of rotatable bonds is 3. The number of benzene rings is 1. The van der Waals surface area contributed by atoms with Gasteiger partial charge in [0.1, 0.15) is 0 Å². The smallest absolute Gasteiger partial charge is 0.322 e. The third-order valence-corrected chi connectivity index (χ3v) is 5.19. The van der Waals surface area contributed by atoms with Gasteiger partial charge in [-0.1, -0.05) is 12.1 Å². The van der Waals surface area contributed by atoms with Crippen LogP contribution in [0.15, 0.2) is 24.4 Å². The molecule has 2 aliphatic carbocycles. The minimum absolute atomic E-state index is 0.0272. The second kappa shape index (κ2) is 5.61. The van der Waals surface area contributed by atoms with Gasteiger partial charge in [-0.05, 0) is 48.3 Å². The lowest BCUT2D eigenvalue weighted by molar-refractivity contribution is -0.127. The number of carbonyl (C=O) groups excluding carboxylic acids is 1. The van der Waals surface area contributed by atoms with E-state index in [4.69, 9.17) is 0 Å². The summed E-state index contributed by atoms with van der Waals surface area (Å²) in [5.41, 5.74) is 2.88. The molecule has 1 aromatic carbocycles. The Balaban J connectivity index is 1.62. The average molecular weight is 349 g/mol. The first-order valence-corrected chi connectivity index (χ1v) is 8.35. The van der Waals surface area contributed by atoms with Crippen molar-refractivity contribution < 1.29 is 18.0 Å². The predicted molar refractivity (Wildman–Crippen MR) is 86.7 cm³/mol. The van der Waals surface area contributed by atoms with Crippen LogP contribution in [0.4, 0.5) is 18.9 Å². The Morgan fingerprint density at radius 2 is 2.08 bits per heavy atom. The fourth-order valence-electron chi connectivity index (χ4n) is 4.26. The molecule has 2 unspecified atom stereocenters. The predicted octanol–water partition coefficient (Wildman–Crippen LogP) is 4.14. The first kappa shape index (κ1) is 16.2. The second-order valence-corrected chi connectivity index (χ2v) is 6.92. The van der Waals surface area contributed by atoms with Gasteiger partial charge in [0, 0.05) is 18.9 Å². The number of fused-ring (bicyclic) bond motifs is 5. The zero-order chi connectivity index (χ0) is 17.8. The summed E-state index contributed by atoms with van der Waals surface area (Å²) in [7, 11) is 1.51. The van der Waals surface area contributed by atoms with Crippen LogP contribution in [0.3, 0.4) is 0 Å². The number of amides is 1. The lowest BCUT2D eigenvalue weighted by atomic mass is 9.90. The minimum Gasteiger partial charge on any atom is -0.322 e. The van der Waals surface area contributed by atoms with E-state index in [9.17, 15) is 18.0 Å². The third-order valence-electron chi connectivity index (χ3n) is 5.19. The van der Waals surface area contributed by atoms with Gasteiger partial charge in [-0.15, -0.1) is 0 Å². The lowest BCUT2D eigenvalue weighted by Gasteiger charge is -2.19. The van der Waals surface area contributed by atoms with Gasteiger partial charge >= 0.3 is 6.18 Å². The van der Waals surface area contributed by atoms with Crippen LogP contribution in [0.1, 0.15) is 58.3 Å². The number of nitrogens with zero attached hydrogens (tertiary/aromatic N) is 2. The lowest BCUT2D eigenvalue weighted by Crippen LogP contribution is -2.19. The average Bonchev–Trinajstić information content (AvgIpc) is 3.21. The Kier molecular flexibility index (Phi) is 3.63. The summed E-state index contributed by atoms with van der Waals surface area (Å²) in [5.74, 6) is 0.458. The maximum Gasteiger partial charge on any atom is 0.394 e. The van der Waals surface area contributed by atoms with Crippen molar-refractivity contribution in [3.8, 4) is 0 Å². The number of nitrogens with one attached hydrogen (secondary N) is 1. The molecule has 1 aromatic heterocycles. The highest BCUT2D eigenvalue weighted by Gasteiger charge is 2.38. The Morgan fingerprint density at radius 1 is 1.32 bits per heavy atom. The van der Waals surface area contributed by atoms with Gasteiger partial charge < -0.3 is 5.32 Å². The fourth-order valence-corrected chi connectivity index (χ4v) is 4.26. The molecule has 1 saturated carbocycles. The number of aryl methyl sites for hydroxylation is 1. The maximum atomic E-state index is 12.7. The van der Waals surface area contributed by atoms with Crippen LogP contribution in [0.5, 0.6) is 0 Å².